The molecule has 144 valence electrons. The van der Waals surface area contributed by atoms with Gasteiger partial charge >= 0.3 is 0 Å². The molecule has 1 aliphatic rings. The van der Waals surface area contributed by atoms with Gasteiger partial charge in [-0.2, -0.15) is 9.29 Å². The predicted octanol–water partition coefficient (Wildman–Crippen LogP) is 2.23. The first-order valence-corrected chi connectivity index (χ1v) is 9.93. The Morgan fingerprint density at radius 3 is 2.74 bits per heavy atom. The topological polar surface area (TPSA) is 116 Å². The summed E-state index contributed by atoms with van der Waals surface area (Å²) in [5.74, 6) is 1.00. The Kier molecular flexibility index (Phi) is 5.38. The fourth-order valence-electron chi connectivity index (χ4n) is 3.04. The molecule has 0 amide bonds. The molecule has 1 aromatic carbocycles. The highest BCUT2D eigenvalue weighted by atomic mass is 32.2. The van der Waals surface area contributed by atoms with Crippen LogP contribution < -0.4 is 4.74 Å². The number of aryl methyl sites for hydroxylation is 2. The maximum absolute atomic E-state index is 12.9. The van der Waals surface area contributed by atoms with Crippen LogP contribution in [-0.4, -0.2) is 46.8 Å². The average molecular weight is 392 g/mol. The molecule has 2 heterocycles. The highest BCUT2D eigenvalue weighted by Crippen LogP contribution is 2.25. The highest BCUT2D eigenvalue weighted by molar-refractivity contribution is 7.89. The maximum atomic E-state index is 12.9. The zero-order chi connectivity index (χ0) is 19.6. The van der Waals surface area contributed by atoms with Gasteiger partial charge in [-0.25, -0.2) is 13.4 Å². The molecule has 0 bridgehead atoms. The molecule has 0 saturated carbocycles. The molecule has 0 spiro atoms. The lowest BCUT2D eigenvalue weighted by atomic mass is 10.1. The molecule has 3 rings (SSSR count). The first-order chi connectivity index (χ1) is 12.8. The molecule has 10 heteroatoms. The summed E-state index contributed by atoms with van der Waals surface area (Å²) in [5.41, 5.74) is 0.516. The lowest BCUT2D eigenvalue weighted by molar-refractivity contribution is -0.385. The Hall–Kier alpha value is -2.59. The Balaban J connectivity index is 1.78. The van der Waals surface area contributed by atoms with Crippen LogP contribution in [0, 0.1) is 24.0 Å². The molecule has 1 aliphatic heterocycles. The van der Waals surface area contributed by atoms with E-state index < -0.39 is 14.9 Å². The first kappa shape index (κ1) is 19.2. The summed E-state index contributed by atoms with van der Waals surface area (Å²) < 4.78 is 33.0. The number of aromatic nitrogens is 2. The summed E-state index contributed by atoms with van der Waals surface area (Å²) in [7, 11) is -3.84. The number of piperidine rings is 1. The molecule has 0 aliphatic carbocycles. The van der Waals surface area contributed by atoms with Crippen LogP contribution in [0.3, 0.4) is 0 Å². The Labute approximate surface area is 157 Å². The summed E-state index contributed by atoms with van der Waals surface area (Å²) in [6, 6.07) is 6.79. The van der Waals surface area contributed by atoms with Crippen molar-refractivity contribution in [1.82, 2.24) is 14.3 Å². The van der Waals surface area contributed by atoms with E-state index in [0.717, 1.165) is 11.8 Å². The van der Waals surface area contributed by atoms with Crippen molar-refractivity contribution < 1.29 is 18.1 Å². The molecule has 1 atom stereocenters. The van der Waals surface area contributed by atoms with Crippen molar-refractivity contribution in [1.29, 1.82) is 0 Å². The zero-order valence-electron chi connectivity index (χ0n) is 15.0. The number of rotatable bonds is 5. The molecule has 9 nitrogen and oxygen atoms in total. The fourth-order valence-corrected chi connectivity index (χ4v) is 4.59. The van der Waals surface area contributed by atoms with Gasteiger partial charge in [-0.05, 0) is 32.8 Å². The van der Waals surface area contributed by atoms with Gasteiger partial charge in [0, 0.05) is 30.4 Å². The molecule has 1 aromatic heterocycles. The number of ether oxygens (including phenoxy) is 1. The first-order valence-electron chi connectivity index (χ1n) is 8.49. The SMILES string of the molecule is Cc1cc(OC2CCCN(S(=O)(=O)c3cccc([N+](=O)[O-])c3)C2)nc(C)n1. The molecular formula is C17H20N4O5S. The van der Waals surface area contributed by atoms with Crippen molar-refractivity contribution in [2.24, 2.45) is 0 Å². The van der Waals surface area contributed by atoms with E-state index in [4.69, 9.17) is 4.74 Å². The van der Waals surface area contributed by atoms with Gasteiger partial charge in [0.15, 0.2) is 0 Å². The fraction of sp³-hybridized carbons (Fsp3) is 0.412. The Morgan fingerprint density at radius 1 is 1.26 bits per heavy atom. The van der Waals surface area contributed by atoms with Crippen LogP contribution in [0.4, 0.5) is 5.69 Å². The van der Waals surface area contributed by atoms with Crippen LogP contribution in [0.25, 0.3) is 0 Å². The minimum Gasteiger partial charge on any atom is -0.473 e. The normalized spacial score (nSPS) is 18.2. The number of non-ortho nitro benzene ring substituents is 1. The minimum absolute atomic E-state index is 0.0916. The van der Waals surface area contributed by atoms with Gasteiger partial charge in [0.1, 0.15) is 11.9 Å². The van der Waals surface area contributed by atoms with Gasteiger partial charge in [-0.3, -0.25) is 10.1 Å². The molecule has 1 unspecified atom stereocenters. The van der Waals surface area contributed by atoms with Crippen LogP contribution in [0.2, 0.25) is 0 Å². The molecule has 2 aromatic rings. The third-order valence-electron chi connectivity index (χ3n) is 4.24. The monoisotopic (exact) mass is 392 g/mol. The third kappa shape index (κ3) is 4.40. The second kappa shape index (κ2) is 7.57. The molecular weight excluding hydrogens is 372 g/mol. The van der Waals surface area contributed by atoms with E-state index in [1.54, 1.807) is 13.0 Å². The van der Waals surface area contributed by atoms with Crippen molar-refractivity contribution in [3.05, 3.63) is 52.0 Å². The Morgan fingerprint density at radius 2 is 2.04 bits per heavy atom. The summed E-state index contributed by atoms with van der Waals surface area (Å²) >= 11 is 0. The number of sulfonamides is 1. The van der Waals surface area contributed by atoms with E-state index in [1.165, 1.54) is 22.5 Å². The lowest BCUT2D eigenvalue weighted by Crippen LogP contribution is -2.44. The van der Waals surface area contributed by atoms with E-state index in [-0.39, 0.29) is 23.2 Å². The summed E-state index contributed by atoms with van der Waals surface area (Å²) in [4.78, 5) is 18.6. The van der Waals surface area contributed by atoms with E-state index in [0.29, 0.717) is 31.1 Å². The van der Waals surface area contributed by atoms with Crippen molar-refractivity contribution in [2.75, 3.05) is 13.1 Å². The zero-order valence-corrected chi connectivity index (χ0v) is 15.8. The lowest BCUT2D eigenvalue weighted by Gasteiger charge is -2.31. The average Bonchev–Trinajstić information content (AvgIpc) is 2.61. The van der Waals surface area contributed by atoms with E-state index in [2.05, 4.69) is 9.97 Å². The number of nitrogens with zero attached hydrogens (tertiary/aromatic N) is 4. The predicted molar refractivity (Wildman–Crippen MR) is 97.0 cm³/mol. The highest BCUT2D eigenvalue weighted by Gasteiger charge is 2.32. The van der Waals surface area contributed by atoms with Crippen LogP contribution in [0.15, 0.2) is 35.2 Å². The van der Waals surface area contributed by atoms with Gasteiger partial charge in [-0.15, -0.1) is 0 Å². The van der Waals surface area contributed by atoms with Crippen LogP contribution in [-0.2, 0) is 10.0 Å². The van der Waals surface area contributed by atoms with E-state index >= 15 is 0 Å². The molecule has 0 N–H and O–H groups in total. The second-order valence-corrected chi connectivity index (χ2v) is 8.33. The summed E-state index contributed by atoms with van der Waals surface area (Å²) in [6.07, 6.45) is 0.978. The van der Waals surface area contributed by atoms with Gasteiger partial charge in [0.25, 0.3) is 5.69 Å². The second-order valence-electron chi connectivity index (χ2n) is 6.39. The van der Waals surface area contributed by atoms with Gasteiger partial charge in [-0.1, -0.05) is 6.07 Å². The molecule has 0 radical (unpaired) electrons. The summed E-state index contributed by atoms with van der Waals surface area (Å²) in [6.45, 7) is 4.10. The van der Waals surface area contributed by atoms with E-state index in [1.807, 2.05) is 6.92 Å². The van der Waals surface area contributed by atoms with Gasteiger partial charge < -0.3 is 4.74 Å². The van der Waals surface area contributed by atoms with Crippen LogP contribution in [0.5, 0.6) is 5.88 Å². The van der Waals surface area contributed by atoms with Crippen molar-refractivity contribution in [3.63, 3.8) is 0 Å². The van der Waals surface area contributed by atoms with Gasteiger partial charge in [0.2, 0.25) is 15.9 Å². The molecule has 27 heavy (non-hydrogen) atoms. The van der Waals surface area contributed by atoms with E-state index in [9.17, 15) is 18.5 Å². The number of nitro groups is 1. The standard InChI is InChI=1S/C17H20N4O5S/c1-12-9-17(19-13(2)18-12)26-15-6-4-8-20(11-15)27(24,25)16-7-3-5-14(10-16)21(22)23/h3,5,7,9-10,15H,4,6,8,11H2,1-2H3. The molecule has 1 fully saturated rings. The smallest absolute Gasteiger partial charge is 0.270 e. The number of benzene rings is 1. The van der Waals surface area contributed by atoms with Crippen LogP contribution in [0.1, 0.15) is 24.4 Å². The maximum Gasteiger partial charge on any atom is 0.270 e. The third-order valence-corrected chi connectivity index (χ3v) is 6.10. The summed E-state index contributed by atoms with van der Waals surface area (Å²) in [5, 5.41) is 10.9. The minimum atomic E-state index is -3.84. The van der Waals surface area contributed by atoms with Crippen molar-refractivity contribution >= 4 is 15.7 Å². The largest absolute Gasteiger partial charge is 0.473 e. The Bertz CT molecular complexity index is 943. The number of hydrogen-bond acceptors (Lipinski definition) is 7. The van der Waals surface area contributed by atoms with Crippen molar-refractivity contribution in [2.45, 2.75) is 37.7 Å². The number of nitro benzene ring substituents is 1. The van der Waals surface area contributed by atoms with Crippen LogP contribution >= 0.6 is 0 Å². The quantitative estimate of drug-likeness (QED) is 0.566. The molecule has 1 saturated heterocycles. The van der Waals surface area contributed by atoms with Gasteiger partial charge in [0.05, 0.1) is 16.4 Å². The van der Waals surface area contributed by atoms with Crippen molar-refractivity contribution in [3.8, 4) is 5.88 Å². The number of hydrogen-bond donors (Lipinski definition) is 0.